The van der Waals surface area contributed by atoms with Gasteiger partial charge in [-0.2, -0.15) is 0 Å². The van der Waals surface area contributed by atoms with Crippen molar-refractivity contribution >= 4 is 11.9 Å². The summed E-state index contributed by atoms with van der Waals surface area (Å²) in [6.45, 7) is 7.24. The Bertz CT molecular complexity index is 353. The van der Waals surface area contributed by atoms with E-state index in [9.17, 15) is 9.59 Å². The number of hydrogen-bond donors (Lipinski definition) is 2. The lowest BCUT2D eigenvalue weighted by molar-refractivity contribution is -0.144. The minimum Gasteiger partial charge on any atom is -0.480 e. The number of amides is 1. The van der Waals surface area contributed by atoms with Crippen molar-refractivity contribution < 1.29 is 14.7 Å². The molecule has 2 saturated heterocycles. The first-order valence-electron chi connectivity index (χ1n) is 6.99. The molecule has 3 unspecified atom stereocenters. The summed E-state index contributed by atoms with van der Waals surface area (Å²) in [5, 5.41) is 12.2. The van der Waals surface area contributed by atoms with E-state index in [0.29, 0.717) is 32.1 Å². The zero-order valence-electron chi connectivity index (χ0n) is 11.6. The van der Waals surface area contributed by atoms with Crippen molar-refractivity contribution in [2.75, 3.05) is 32.7 Å². The van der Waals surface area contributed by atoms with Crippen LogP contribution in [0.1, 0.15) is 20.3 Å². The van der Waals surface area contributed by atoms with Gasteiger partial charge in [0.15, 0.2) is 0 Å². The van der Waals surface area contributed by atoms with Gasteiger partial charge in [0.2, 0.25) is 5.91 Å². The van der Waals surface area contributed by atoms with Crippen molar-refractivity contribution in [1.82, 2.24) is 15.1 Å². The molecule has 2 aliphatic rings. The minimum absolute atomic E-state index is 0.0524. The Kier molecular flexibility index (Phi) is 4.42. The molecule has 108 valence electrons. The predicted octanol–water partition coefficient (Wildman–Crippen LogP) is -0.398. The van der Waals surface area contributed by atoms with Crippen LogP contribution in [0.4, 0.5) is 0 Å². The number of carbonyl (C=O) groups excluding carboxylic acids is 1. The van der Waals surface area contributed by atoms with E-state index in [0.717, 1.165) is 13.0 Å². The van der Waals surface area contributed by atoms with Crippen LogP contribution in [0, 0.1) is 5.92 Å². The van der Waals surface area contributed by atoms with Crippen molar-refractivity contribution in [1.29, 1.82) is 0 Å². The molecule has 0 aromatic rings. The van der Waals surface area contributed by atoms with E-state index < -0.39 is 12.0 Å². The Morgan fingerprint density at radius 1 is 1.26 bits per heavy atom. The van der Waals surface area contributed by atoms with E-state index in [2.05, 4.69) is 12.2 Å². The molecule has 0 radical (unpaired) electrons. The number of nitrogens with zero attached hydrogens (tertiary/aromatic N) is 2. The maximum Gasteiger partial charge on any atom is 0.320 e. The van der Waals surface area contributed by atoms with Crippen LogP contribution in [-0.4, -0.2) is 71.6 Å². The quantitative estimate of drug-likeness (QED) is 0.729. The van der Waals surface area contributed by atoms with E-state index in [-0.39, 0.29) is 11.9 Å². The van der Waals surface area contributed by atoms with E-state index in [1.807, 2.05) is 9.80 Å². The Hall–Kier alpha value is -1.14. The average molecular weight is 269 g/mol. The standard InChI is InChI=1S/C13H23N3O3/c1-9-3-4-14-11(9)12(17)16-7-5-15(6-8-16)10(2)13(18)19/h9-11,14H,3-8H2,1-2H3,(H,18,19). The molecule has 3 atom stereocenters. The minimum atomic E-state index is -0.800. The number of piperazine rings is 1. The topological polar surface area (TPSA) is 72.9 Å². The number of nitrogens with one attached hydrogen (secondary N) is 1. The highest BCUT2D eigenvalue weighted by molar-refractivity contribution is 5.82. The summed E-state index contributed by atoms with van der Waals surface area (Å²) < 4.78 is 0. The van der Waals surface area contributed by atoms with Crippen LogP contribution in [-0.2, 0) is 9.59 Å². The van der Waals surface area contributed by atoms with Gasteiger partial charge in [-0.05, 0) is 25.8 Å². The second kappa shape index (κ2) is 5.88. The zero-order chi connectivity index (χ0) is 14.0. The van der Waals surface area contributed by atoms with Crippen LogP contribution >= 0.6 is 0 Å². The number of hydrogen-bond acceptors (Lipinski definition) is 4. The summed E-state index contributed by atoms with van der Waals surface area (Å²) in [5.74, 6) is -0.234. The Morgan fingerprint density at radius 2 is 1.89 bits per heavy atom. The number of carbonyl (C=O) groups is 2. The molecule has 0 aliphatic carbocycles. The Morgan fingerprint density at radius 3 is 2.37 bits per heavy atom. The summed E-state index contributed by atoms with van der Waals surface area (Å²) >= 11 is 0. The molecule has 0 bridgehead atoms. The molecule has 0 aromatic heterocycles. The van der Waals surface area contributed by atoms with Crippen LogP contribution in [0.5, 0.6) is 0 Å². The van der Waals surface area contributed by atoms with E-state index >= 15 is 0 Å². The molecule has 19 heavy (non-hydrogen) atoms. The fraction of sp³-hybridized carbons (Fsp3) is 0.846. The van der Waals surface area contributed by atoms with Gasteiger partial charge in [-0.25, -0.2) is 0 Å². The highest BCUT2D eigenvalue weighted by Crippen LogP contribution is 2.18. The number of aliphatic carboxylic acids is 1. The lowest BCUT2D eigenvalue weighted by Gasteiger charge is -2.38. The van der Waals surface area contributed by atoms with Crippen molar-refractivity contribution in [2.24, 2.45) is 5.92 Å². The van der Waals surface area contributed by atoms with Gasteiger partial charge in [0, 0.05) is 26.2 Å². The Balaban J connectivity index is 1.86. The number of carboxylic acid groups (broad SMARTS) is 1. The van der Waals surface area contributed by atoms with Gasteiger partial charge in [0.05, 0.1) is 6.04 Å². The zero-order valence-corrected chi connectivity index (χ0v) is 11.6. The molecular weight excluding hydrogens is 246 g/mol. The molecule has 0 aromatic carbocycles. The molecule has 2 N–H and O–H groups in total. The maximum absolute atomic E-state index is 12.3. The molecule has 1 amide bonds. The molecule has 6 heteroatoms. The third kappa shape index (κ3) is 3.06. The molecular formula is C13H23N3O3. The summed E-state index contributed by atoms with van der Waals surface area (Å²) in [7, 11) is 0. The average Bonchev–Trinajstić information content (AvgIpc) is 2.83. The van der Waals surface area contributed by atoms with E-state index in [4.69, 9.17) is 5.11 Å². The normalized spacial score (nSPS) is 30.3. The van der Waals surface area contributed by atoms with Crippen LogP contribution in [0.15, 0.2) is 0 Å². The lowest BCUT2D eigenvalue weighted by atomic mass is 10.0. The first-order valence-corrected chi connectivity index (χ1v) is 6.99. The first-order chi connectivity index (χ1) is 9.00. The fourth-order valence-corrected chi connectivity index (χ4v) is 2.85. The fourth-order valence-electron chi connectivity index (χ4n) is 2.85. The first kappa shape index (κ1) is 14.3. The summed E-state index contributed by atoms with van der Waals surface area (Å²) in [6.07, 6.45) is 1.05. The molecule has 2 aliphatic heterocycles. The molecule has 2 heterocycles. The molecule has 0 spiro atoms. The van der Waals surface area contributed by atoms with Crippen LogP contribution in [0.25, 0.3) is 0 Å². The molecule has 2 fully saturated rings. The number of rotatable bonds is 3. The predicted molar refractivity (Wildman–Crippen MR) is 70.8 cm³/mol. The number of carboxylic acids is 1. The third-order valence-electron chi connectivity index (χ3n) is 4.33. The highest BCUT2D eigenvalue weighted by atomic mass is 16.4. The van der Waals surface area contributed by atoms with E-state index in [1.165, 1.54) is 0 Å². The van der Waals surface area contributed by atoms with Gasteiger partial charge in [-0.3, -0.25) is 14.5 Å². The summed E-state index contributed by atoms with van der Waals surface area (Å²) in [6, 6.07) is -0.524. The third-order valence-corrected chi connectivity index (χ3v) is 4.33. The second-order valence-electron chi connectivity index (χ2n) is 5.57. The molecule has 0 saturated carbocycles. The SMILES string of the molecule is CC1CCNC1C(=O)N1CCN(C(C)C(=O)O)CC1. The van der Waals surface area contributed by atoms with Gasteiger partial charge in [0.1, 0.15) is 6.04 Å². The van der Waals surface area contributed by atoms with Gasteiger partial charge >= 0.3 is 5.97 Å². The van der Waals surface area contributed by atoms with Gasteiger partial charge < -0.3 is 15.3 Å². The van der Waals surface area contributed by atoms with Crippen molar-refractivity contribution in [3.05, 3.63) is 0 Å². The van der Waals surface area contributed by atoms with Crippen LogP contribution in [0.2, 0.25) is 0 Å². The largest absolute Gasteiger partial charge is 0.480 e. The van der Waals surface area contributed by atoms with Gasteiger partial charge in [-0.1, -0.05) is 6.92 Å². The molecule has 2 rings (SSSR count). The van der Waals surface area contributed by atoms with Gasteiger partial charge in [0.25, 0.3) is 0 Å². The smallest absolute Gasteiger partial charge is 0.320 e. The maximum atomic E-state index is 12.3. The summed E-state index contributed by atoms with van der Waals surface area (Å²) in [5.41, 5.74) is 0. The van der Waals surface area contributed by atoms with E-state index in [1.54, 1.807) is 6.92 Å². The van der Waals surface area contributed by atoms with Crippen LogP contribution < -0.4 is 5.32 Å². The van der Waals surface area contributed by atoms with Crippen molar-refractivity contribution in [3.8, 4) is 0 Å². The Labute approximate surface area is 113 Å². The van der Waals surface area contributed by atoms with Crippen molar-refractivity contribution in [3.63, 3.8) is 0 Å². The summed E-state index contributed by atoms with van der Waals surface area (Å²) in [4.78, 5) is 27.1. The molecule has 6 nitrogen and oxygen atoms in total. The lowest BCUT2D eigenvalue weighted by Crippen LogP contribution is -2.56. The highest BCUT2D eigenvalue weighted by Gasteiger charge is 2.34. The van der Waals surface area contributed by atoms with Crippen LogP contribution in [0.3, 0.4) is 0 Å². The van der Waals surface area contributed by atoms with Gasteiger partial charge in [-0.15, -0.1) is 0 Å². The van der Waals surface area contributed by atoms with Crippen molar-refractivity contribution in [2.45, 2.75) is 32.4 Å². The monoisotopic (exact) mass is 269 g/mol. The second-order valence-corrected chi connectivity index (χ2v) is 5.57.